The molecule has 1 aromatic rings. The highest BCUT2D eigenvalue weighted by Crippen LogP contribution is 2.28. The predicted molar refractivity (Wildman–Crippen MR) is 71.4 cm³/mol. The van der Waals surface area contributed by atoms with Crippen LogP contribution in [0.15, 0.2) is 18.2 Å². The molecule has 0 saturated heterocycles. The van der Waals surface area contributed by atoms with Crippen molar-refractivity contribution in [1.29, 1.82) is 5.26 Å². The summed E-state index contributed by atoms with van der Waals surface area (Å²) >= 11 is 6.00. The van der Waals surface area contributed by atoms with E-state index >= 15 is 0 Å². The lowest BCUT2D eigenvalue weighted by atomic mass is 10.0. The highest BCUT2D eigenvalue weighted by atomic mass is 35.5. The SMILES string of the molecule is N#Cc1ccc(NC(=O)CC2CCCC2)c(Cl)c1. The number of hydrogen-bond acceptors (Lipinski definition) is 2. The van der Waals surface area contributed by atoms with E-state index < -0.39 is 0 Å². The van der Waals surface area contributed by atoms with E-state index in [-0.39, 0.29) is 5.91 Å². The second-order valence-electron chi connectivity index (χ2n) is 4.71. The molecule has 1 amide bonds. The molecule has 1 aromatic carbocycles. The van der Waals surface area contributed by atoms with E-state index in [4.69, 9.17) is 16.9 Å². The van der Waals surface area contributed by atoms with E-state index in [9.17, 15) is 4.79 Å². The summed E-state index contributed by atoms with van der Waals surface area (Å²) in [7, 11) is 0. The number of nitrogens with one attached hydrogen (secondary N) is 1. The summed E-state index contributed by atoms with van der Waals surface area (Å²) in [5, 5.41) is 11.9. The summed E-state index contributed by atoms with van der Waals surface area (Å²) < 4.78 is 0. The van der Waals surface area contributed by atoms with Crippen molar-refractivity contribution < 1.29 is 4.79 Å². The van der Waals surface area contributed by atoms with Gasteiger partial charge in [-0.05, 0) is 37.0 Å². The Kier molecular flexibility index (Phi) is 4.22. The first-order chi connectivity index (χ1) is 8.69. The Morgan fingerprint density at radius 2 is 2.17 bits per heavy atom. The van der Waals surface area contributed by atoms with Gasteiger partial charge >= 0.3 is 0 Å². The minimum Gasteiger partial charge on any atom is -0.325 e. The van der Waals surface area contributed by atoms with Crippen LogP contribution in [0.25, 0.3) is 0 Å². The second-order valence-corrected chi connectivity index (χ2v) is 5.12. The van der Waals surface area contributed by atoms with E-state index in [0.717, 1.165) is 12.8 Å². The zero-order chi connectivity index (χ0) is 13.0. The fraction of sp³-hybridized carbons (Fsp3) is 0.429. The van der Waals surface area contributed by atoms with E-state index in [1.807, 2.05) is 6.07 Å². The highest BCUT2D eigenvalue weighted by Gasteiger charge is 2.18. The quantitative estimate of drug-likeness (QED) is 0.902. The molecule has 0 bridgehead atoms. The van der Waals surface area contributed by atoms with Crippen molar-refractivity contribution in [3.8, 4) is 6.07 Å². The minimum absolute atomic E-state index is 0.00788. The van der Waals surface area contributed by atoms with E-state index in [1.165, 1.54) is 12.8 Å². The fourth-order valence-electron chi connectivity index (χ4n) is 2.36. The molecule has 1 saturated carbocycles. The Morgan fingerprint density at radius 1 is 1.44 bits per heavy atom. The van der Waals surface area contributed by atoms with Gasteiger partial charge in [-0.1, -0.05) is 24.4 Å². The zero-order valence-corrected chi connectivity index (χ0v) is 10.8. The Hall–Kier alpha value is -1.53. The van der Waals surface area contributed by atoms with Crippen LogP contribution in [-0.2, 0) is 4.79 Å². The molecule has 4 heteroatoms. The van der Waals surface area contributed by atoms with Gasteiger partial charge in [-0.15, -0.1) is 0 Å². The molecule has 18 heavy (non-hydrogen) atoms. The number of carbonyl (C=O) groups is 1. The standard InChI is InChI=1S/C14H15ClN2O/c15-12-7-11(9-16)5-6-13(12)17-14(18)8-10-3-1-2-4-10/h5-7,10H,1-4,8H2,(H,17,18). The van der Waals surface area contributed by atoms with Gasteiger partial charge in [-0.3, -0.25) is 4.79 Å². The number of hydrogen-bond donors (Lipinski definition) is 1. The van der Waals surface area contributed by atoms with Crippen LogP contribution in [0.5, 0.6) is 0 Å². The highest BCUT2D eigenvalue weighted by molar-refractivity contribution is 6.33. The molecule has 0 atom stereocenters. The van der Waals surface area contributed by atoms with Crippen molar-refractivity contribution >= 4 is 23.2 Å². The van der Waals surface area contributed by atoms with E-state index in [1.54, 1.807) is 18.2 Å². The number of benzene rings is 1. The third kappa shape index (κ3) is 3.24. The van der Waals surface area contributed by atoms with E-state index in [2.05, 4.69) is 5.32 Å². The van der Waals surface area contributed by atoms with Crippen molar-refractivity contribution in [2.75, 3.05) is 5.32 Å². The van der Waals surface area contributed by atoms with Crippen molar-refractivity contribution in [3.63, 3.8) is 0 Å². The Labute approximate surface area is 112 Å². The molecule has 94 valence electrons. The number of nitriles is 1. The molecule has 1 fully saturated rings. The van der Waals surface area contributed by atoms with Crippen LogP contribution in [0.4, 0.5) is 5.69 Å². The summed E-state index contributed by atoms with van der Waals surface area (Å²) in [6, 6.07) is 6.90. The number of amides is 1. The molecule has 0 aliphatic heterocycles. The first-order valence-corrected chi connectivity index (χ1v) is 6.56. The maximum Gasteiger partial charge on any atom is 0.224 e. The summed E-state index contributed by atoms with van der Waals surface area (Å²) in [4.78, 5) is 11.8. The average molecular weight is 263 g/mol. The Balaban J connectivity index is 1.96. The lowest BCUT2D eigenvalue weighted by Crippen LogP contribution is -2.15. The van der Waals surface area contributed by atoms with Gasteiger partial charge in [0.2, 0.25) is 5.91 Å². The first kappa shape index (κ1) is 12.9. The molecule has 0 heterocycles. The van der Waals surface area contributed by atoms with Gasteiger partial charge in [-0.25, -0.2) is 0 Å². The normalized spacial score (nSPS) is 15.3. The zero-order valence-electron chi connectivity index (χ0n) is 10.1. The molecule has 0 spiro atoms. The van der Waals surface area contributed by atoms with Crippen molar-refractivity contribution in [2.45, 2.75) is 32.1 Å². The molecule has 1 aliphatic carbocycles. The third-order valence-corrected chi connectivity index (χ3v) is 3.63. The largest absolute Gasteiger partial charge is 0.325 e. The molecule has 0 unspecified atom stereocenters. The predicted octanol–water partition coefficient (Wildman–Crippen LogP) is 3.73. The number of rotatable bonds is 3. The van der Waals surface area contributed by atoms with Crippen LogP contribution in [0.3, 0.4) is 0 Å². The first-order valence-electron chi connectivity index (χ1n) is 6.18. The van der Waals surface area contributed by atoms with Crippen LogP contribution >= 0.6 is 11.6 Å². The molecule has 2 rings (SSSR count). The van der Waals surface area contributed by atoms with Crippen LogP contribution in [-0.4, -0.2) is 5.91 Å². The maximum absolute atomic E-state index is 11.8. The number of nitrogens with zero attached hydrogens (tertiary/aromatic N) is 1. The second kappa shape index (κ2) is 5.88. The summed E-state index contributed by atoms with van der Waals surface area (Å²) in [5.41, 5.74) is 1.08. The van der Waals surface area contributed by atoms with Crippen LogP contribution in [0, 0.1) is 17.2 Å². The van der Waals surface area contributed by atoms with Gasteiger partial charge in [-0.2, -0.15) is 5.26 Å². The number of carbonyl (C=O) groups excluding carboxylic acids is 1. The lowest BCUT2D eigenvalue weighted by molar-refractivity contribution is -0.117. The van der Waals surface area contributed by atoms with Crippen molar-refractivity contribution in [1.82, 2.24) is 0 Å². The van der Waals surface area contributed by atoms with Gasteiger partial charge in [0.15, 0.2) is 0 Å². The van der Waals surface area contributed by atoms with Crippen molar-refractivity contribution in [2.24, 2.45) is 5.92 Å². The van der Waals surface area contributed by atoms with E-state index in [0.29, 0.717) is 28.6 Å². The van der Waals surface area contributed by atoms with Gasteiger partial charge in [0.05, 0.1) is 22.3 Å². The molecule has 3 nitrogen and oxygen atoms in total. The number of anilines is 1. The van der Waals surface area contributed by atoms with Gasteiger partial charge in [0, 0.05) is 6.42 Å². The third-order valence-electron chi connectivity index (χ3n) is 3.32. The molecule has 0 radical (unpaired) electrons. The monoisotopic (exact) mass is 262 g/mol. The smallest absolute Gasteiger partial charge is 0.224 e. The molecular formula is C14H15ClN2O. The van der Waals surface area contributed by atoms with Gasteiger partial charge in [0.1, 0.15) is 0 Å². The number of halogens is 1. The Morgan fingerprint density at radius 3 is 2.78 bits per heavy atom. The Bertz CT molecular complexity index is 487. The maximum atomic E-state index is 11.8. The summed E-state index contributed by atoms with van der Waals surface area (Å²) in [6.07, 6.45) is 5.32. The van der Waals surface area contributed by atoms with Gasteiger partial charge < -0.3 is 5.32 Å². The van der Waals surface area contributed by atoms with Crippen LogP contribution in [0.1, 0.15) is 37.7 Å². The molecule has 0 aromatic heterocycles. The fourth-order valence-corrected chi connectivity index (χ4v) is 2.59. The molecule has 1 aliphatic rings. The average Bonchev–Trinajstić information content (AvgIpc) is 2.84. The minimum atomic E-state index is 0.00788. The lowest BCUT2D eigenvalue weighted by Gasteiger charge is -2.10. The molecular weight excluding hydrogens is 248 g/mol. The van der Waals surface area contributed by atoms with Crippen LogP contribution in [0.2, 0.25) is 5.02 Å². The summed E-state index contributed by atoms with van der Waals surface area (Å²) in [6.45, 7) is 0. The summed E-state index contributed by atoms with van der Waals surface area (Å²) in [5.74, 6) is 0.524. The van der Waals surface area contributed by atoms with Crippen LogP contribution < -0.4 is 5.32 Å². The van der Waals surface area contributed by atoms with Crippen molar-refractivity contribution in [3.05, 3.63) is 28.8 Å². The van der Waals surface area contributed by atoms with Gasteiger partial charge in [0.25, 0.3) is 0 Å². The molecule has 1 N–H and O–H groups in total. The topological polar surface area (TPSA) is 52.9 Å².